The van der Waals surface area contributed by atoms with Crippen LogP contribution in [0.25, 0.3) is 0 Å². The van der Waals surface area contributed by atoms with Crippen LogP contribution in [0.15, 0.2) is 30.3 Å². The van der Waals surface area contributed by atoms with Crippen LogP contribution in [-0.2, 0) is 4.79 Å². The average Bonchev–Trinajstić information content (AvgIpc) is 2.43. The van der Waals surface area contributed by atoms with E-state index in [-0.39, 0.29) is 11.9 Å². The number of benzene rings is 1. The van der Waals surface area contributed by atoms with Crippen LogP contribution in [0.2, 0.25) is 0 Å². The molecule has 3 heteroatoms. The number of amides is 1. The topological polar surface area (TPSA) is 41.1 Å². The molecule has 1 aromatic rings. The number of rotatable bonds is 7. The summed E-state index contributed by atoms with van der Waals surface area (Å²) in [6.07, 6.45) is 1.93. The molecule has 100 valence electrons. The fraction of sp³-hybridized carbons (Fsp3) is 0.533. The first-order chi connectivity index (χ1) is 8.67. The molecule has 1 rings (SSSR count). The lowest BCUT2D eigenvalue weighted by atomic mass is 10.0. The van der Waals surface area contributed by atoms with E-state index in [1.54, 1.807) is 0 Å². The van der Waals surface area contributed by atoms with E-state index in [0.29, 0.717) is 12.6 Å². The Bertz CT molecular complexity index is 351. The fourth-order valence-electron chi connectivity index (χ4n) is 1.76. The summed E-state index contributed by atoms with van der Waals surface area (Å²) < 4.78 is 0. The molecule has 18 heavy (non-hydrogen) atoms. The van der Waals surface area contributed by atoms with Gasteiger partial charge in [0.1, 0.15) is 0 Å². The number of carbonyl (C=O) groups is 1. The quantitative estimate of drug-likeness (QED) is 0.779. The molecule has 0 aliphatic carbocycles. The van der Waals surface area contributed by atoms with Gasteiger partial charge in [-0.3, -0.25) is 4.79 Å². The maximum Gasteiger partial charge on any atom is 0.234 e. The van der Waals surface area contributed by atoms with E-state index in [1.165, 1.54) is 0 Å². The Morgan fingerprint density at radius 1 is 1.17 bits per heavy atom. The van der Waals surface area contributed by atoms with Crippen molar-refractivity contribution in [2.45, 2.75) is 45.7 Å². The van der Waals surface area contributed by atoms with Gasteiger partial charge < -0.3 is 10.6 Å². The second kappa shape index (κ2) is 7.88. The minimum atomic E-state index is 0.0611. The predicted molar refractivity (Wildman–Crippen MR) is 75.4 cm³/mol. The molecule has 2 atom stereocenters. The second-order valence-corrected chi connectivity index (χ2v) is 4.63. The summed E-state index contributed by atoms with van der Waals surface area (Å²) >= 11 is 0. The third-order valence-corrected chi connectivity index (χ3v) is 3.17. The van der Waals surface area contributed by atoms with Gasteiger partial charge in [-0.05, 0) is 25.3 Å². The van der Waals surface area contributed by atoms with Gasteiger partial charge in [-0.15, -0.1) is 0 Å². The summed E-state index contributed by atoms with van der Waals surface area (Å²) in [7, 11) is 0. The molecule has 0 aromatic heterocycles. The molecule has 0 aliphatic heterocycles. The third kappa shape index (κ3) is 4.88. The molecule has 0 saturated carbocycles. The molecule has 2 unspecified atom stereocenters. The first-order valence-corrected chi connectivity index (χ1v) is 6.75. The van der Waals surface area contributed by atoms with Crippen molar-refractivity contribution in [3.63, 3.8) is 0 Å². The van der Waals surface area contributed by atoms with Gasteiger partial charge >= 0.3 is 0 Å². The maximum atomic E-state index is 11.8. The van der Waals surface area contributed by atoms with Gasteiger partial charge in [-0.25, -0.2) is 0 Å². The van der Waals surface area contributed by atoms with Crippen LogP contribution in [0.4, 0.5) is 0 Å². The van der Waals surface area contributed by atoms with Gasteiger partial charge in [-0.1, -0.05) is 44.2 Å². The van der Waals surface area contributed by atoms with E-state index in [2.05, 4.69) is 43.5 Å². The van der Waals surface area contributed by atoms with E-state index in [4.69, 9.17) is 0 Å². The normalized spacial score (nSPS) is 13.9. The van der Waals surface area contributed by atoms with Crippen LogP contribution in [0.1, 0.15) is 45.2 Å². The van der Waals surface area contributed by atoms with Gasteiger partial charge in [0.25, 0.3) is 0 Å². The van der Waals surface area contributed by atoms with Crippen LogP contribution in [0, 0.1) is 0 Å². The van der Waals surface area contributed by atoms with Gasteiger partial charge in [0, 0.05) is 6.04 Å². The standard InChI is InChI=1S/C15H24N2O/c1-4-12(3)16-11-15(18)17-14(5-2)13-9-7-6-8-10-13/h6-10,12,14,16H,4-5,11H2,1-3H3,(H,17,18). The lowest BCUT2D eigenvalue weighted by Gasteiger charge is -2.18. The summed E-state index contributed by atoms with van der Waals surface area (Å²) in [4.78, 5) is 11.8. The summed E-state index contributed by atoms with van der Waals surface area (Å²) in [5.41, 5.74) is 1.16. The Labute approximate surface area is 110 Å². The van der Waals surface area contributed by atoms with Crippen LogP contribution in [0.5, 0.6) is 0 Å². The third-order valence-electron chi connectivity index (χ3n) is 3.17. The summed E-state index contributed by atoms with van der Waals surface area (Å²) in [6.45, 7) is 6.66. The highest BCUT2D eigenvalue weighted by Crippen LogP contribution is 2.15. The lowest BCUT2D eigenvalue weighted by molar-refractivity contribution is -0.121. The molecule has 1 aromatic carbocycles. The SMILES string of the molecule is CCC(C)NCC(=O)NC(CC)c1ccccc1. The zero-order chi connectivity index (χ0) is 13.4. The monoisotopic (exact) mass is 248 g/mol. The number of hydrogen-bond acceptors (Lipinski definition) is 2. The highest BCUT2D eigenvalue weighted by Gasteiger charge is 2.12. The first kappa shape index (κ1) is 14.7. The van der Waals surface area contributed by atoms with E-state index in [1.807, 2.05) is 18.2 Å². The number of carbonyl (C=O) groups excluding carboxylic acids is 1. The maximum absolute atomic E-state index is 11.8. The van der Waals surface area contributed by atoms with Crippen LogP contribution in [0.3, 0.4) is 0 Å². The fourth-order valence-corrected chi connectivity index (χ4v) is 1.76. The van der Waals surface area contributed by atoms with Crippen molar-refractivity contribution < 1.29 is 4.79 Å². The molecule has 0 bridgehead atoms. The van der Waals surface area contributed by atoms with Crippen molar-refractivity contribution in [3.05, 3.63) is 35.9 Å². The van der Waals surface area contributed by atoms with Crippen molar-refractivity contribution in [1.29, 1.82) is 0 Å². The summed E-state index contributed by atoms with van der Waals surface area (Å²) in [6, 6.07) is 10.6. The molecule has 0 spiro atoms. The van der Waals surface area contributed by atoms with Crippen LogP contribution < -0.4 is 10.6 Å². The number of hydrogen-bond donors (Lipinski definition) is 2. The smallest absolute Gasteiger partial charge is 0.234 e. The minimum absolute atomic E-state index is 0.0611. The zero-order valence-corrected chi connectivity index (χ0v) is 11.6. The van der Waals surface area contributed by atoms with Gasteiger partial charge in [0.05, 0.1) is 12.6 Å². The van der Waals surface area contributed by atoms with Crippen molar-refractivity contribution in [1.82, 2.24) is 10.6 Å². The molecule has 3 nitrogen and oxygen atoms in total. The largest absolute Gasteiger partial charge is 0.348 e. The Kier molecular flexibility index (Phi) is 6.44. The molecule has 0 saturated heterocycles. The molecule has 2 N–H and O–H groups in total. The minimum Gasteiger partial charge on any atom is -0.348 e. The van der Waals surface area contributed by atoms with Crippen molar-refractivity contribution in [3.8, 4) is 0 Å². The van der Waals surface area contributed by atoms with Crippen LogP contribution in [-0.4, -0.2) is 18.5 Å². The lowest BCUT2D eigenvalue weighted by Crippen LogP contribution is -2.39. The highest BCUT2D eigenvalue weighted by atomic mass is 16.1. The van der Waals surface area contributed by atoms with Crippen molar-refractivity contribution in [2.24, 2.45) is 0 Å². The number of nitrogens with one attached hydrogen (secondary N) is 2. The van der Waals surface area contributed by atoms with Gasteiger partial charge in [-0.2, -0.15) is 0 Å². The second-order valence-electron chi connectivity index (χ2n) is 4.63. The van der Waals surface area contributed by atoms with E-state index in [9.17, 15) is 4.79 Å². The van der Waals surface area contributed by atoms with E-state index < -0.39 is 0 Å². The molecule has 0 aliphatic rings. The van der Waals surface area contributed by atoms with Crippen molar-refractivity contribution >= 4 is 5.91 Å². The van der Waals surface area contributed by atoms with Crippen molar-refractivity contribution in [2.75, 3.05) is 6.54 Å². The molecule has 0 fully saturated rings. The van der Waals surface area contributed by atoms with Crippen LogP contribution >= 0.6 is 0 Å². The Balaban J connectivity index is 2.46. The highest BCUT2D eigenvalue weighted by molar-refractivity contribution is 5.78. The zero-order valence-electron chi connectivity index (χ0n) is 11.6. The predicted octanol–water partition coefficient (Wildman–Crippen LogP) is 2.64. The first-order valence-electron chi connectivity index (χ1n) is 6.75. The Hall–Kier alpha value is -1.35. The average molecular weight is 248 g/mol. The molecular formula is C15H24N2O. The Morgan fingerprint density at radius 2 is 1.83 bits per heavy atom. The summed E-state index contributed by atoms with van der Waals surface area (Å²) in [5.74, 6) is 0.0611. The van der Waals surface area contributed by atoms with Gasteiger partial charge in [0.2, 0.25) is 5.91 Å². The molecular weight excluding hydrogens is 224 g/mol. The summed E-state index contributed by atoms with van der Waals surface area (Å²) in [5, 5.41) is 6.26. The van der Waals surface area contributed by atoms with E-state index in [0.717, 1.165) is 18.4 Å². The molecule has 0 radical (unpaired) electrons. The van der Waals surface area contributed by atoms with E-state index >= 15 is 0 Å². The molecule has 1 amide bonds. The molecule has 0 heterocycles. The van der Waals surface area contributed by atoms with Gasteiger partial charge in [0.15, 0.2) is 0 Å². The Morgan fingerprint density at radius 3 is 2.39 bits per heavy atom.